The minimum Gasteiger partial charge on any atom is -0.381 e. The zero-order valence-electron chi connectivity index (χ0n) is 11.9. The third-order valence-corrected chi connectivity index (χ3v) is 3.11. The molecule has 0 spiro atoms. The van der Waals surface area contributed by atoms with Crippen molar-refractivity contribution < 1.29 is 0 Å². The molecule has 0 fully saturated rings. The summed E-state index contributed by atoms with van der Waals surface area (Å²) in [6, 6.07) is 4.54. The van der Waals surface area contributed by atoms with Gasteiger partial charge < -0.3 is 5.32 Å². The van der Waals surface area contributed by atoms with Gasteiger partial charge in [-0.25, -0.2) is 9.97 Å². The van der Waals surface area contributed by atoms with Crippen molar-refractivity contribution in [3.63, 3.8) is 0 Å². The van der Waals surface area contributed by atoms with Crippen molar-refractivity contribution >= 4 is 5.69 Å². The molecule has 2 rings (SSSR count). The largest absolute Gasteiger partial charge is 0.381 e. The summed E-state index contributed by atoms with van der Waals surface area (Å²) in [6.07, 6.45) is 9.69. The summed E-state index contributed by atoms with van der Waals surface area (Å²) in [6.45, 7) is 6.73. The molecule has 0 saturated carbocycles. The summed E-state index contributed by atoms with van der Waals surface area (Å²) in [7, 11) is 0. The second-order valence-corrected chi connectivity index (χ2v) is 5.39. The molecule has 2 aromatic heterocycles. The molecule has 2 heterocycles. The van der Waals surface area contributed by atoms with Crippen LogP contribution in [-0.4, -0.2) is 20.6 Å². The zero-order valence-corrected chi connectivity index (χ0v) is 11.9. The first-order valence-electron chi connectivity index (χ1n) is 6.86. The zero-order chi connectivity index (χ0) is 13.7. The van der Waals surface area contributed by atoms with E-state index in [-0.39, 0.29) is 0 Å². The van der Waals surface area contributed by atoms with Crippen LogP contribution in [0, 0.1) is 5.92 Å². The van der Waals surface area contributed by atoms with Gasteiger partial charge in [0.25, 0.3) is 0 Å². The number of anilines is 1. The average molecular weight is 258 g/mol. The normalized spacial score (nSPS) is 12.6. The molecule has 0 aliphatic heterocycles. The Morgan fingerprint density at radius 2 is 2.05 bits per heavy atom. The number of hydrogen-bond donors (Lipinski definition) is 1. The van der Waals surface area contributed by atoms with Gasteiger partial charge in [0.05, 0.1) is 11.9 Å². The third-order valence-electron chi connectivity index (χ3n) is 3.11. The first kappa shape index (κ1) is 13.6. The predicted octanol–water partition coefficient (Wildman–Crippen LogP) is 3.50. The lowest BCUT2D eigenvalue weighted by Crippen LogP contribution is -2.16. The van der Waals surface area contributed by atoms with Crippen LogP contribution in [0.15, 0.2) is 37.1 Å². The SMILES string of the molecule is CC(C)CCC(C)Nc1ccc(-n2ccnc2)nc1. The number of aromatic nitrogens is 3. The molecule has 1 N–H and O–H groups in total. The number of imidazole rings is 1. The molecule has 0 amide bonds. The van der Waals surface area contributed by atoms with Crippen LogP contribution < -0.4 is 5.32 Å². The maximum Gasteiger partial charge on any atom is 0.137 e. The van der Waals surface area contributed by atoms with Gasteiger partial charge in [-0.1, -0.05) is 13.8 Å². The fourth-order valence-corrected chi connectivity index (χ4v) is 1.96. The average Bonchev–Trinajstić information content (AvgIpc) is 2.91. The number of rotatable bonds is 6. The van der Waals surface area contributed by atoms with Crippen LogP contribution in [0.5, 0.6) is 0 Å². The molecule has 4 heteroatoms. The number of nitrogens with one attached hydrogen (secondary N) is 1. The van der Waals surface area contributed by atoms with Gasteiger partial charge >= 0.3 is 0 Å². The van der Waals surface area contributed by atoms with Gasteiger partial charge in [0.15, 0.2) is 0 Å². The Kier molecular flexibility index (Phi) is 4.55. The molecule has 0 saturated heterocycles. The molecule has 1 unspecified atom stereocenters. The number of nitrogens with zero attached hydrogens (tertiary/aromatic N) is 3. The van der Waals surface area contributed by atoms with Crippen molar-refractivity contribution in [2.45, 2.75) is 39.7 Å². The molecule has 0 aromatic carbocycles. The van der Waals surface area contributed by atoms with Crippen molar-refractivity contribution in [2.75, 3.05) is 5.32 Å². The highest BCUT2D eigenvalue weighted by Gasteiger charge is 2.04. The Hall–Kier alpha value is -1.84. The van der Waals surface area contributed by atoms with Gasteiger partial charge in [-0.05, 0) is 37.8 Å². The van der Waals surface area contributed by atoms with Gasteiger partial charge in [-0.2, -0.15) is 0 Å². The van der Waals surface area contributed by atoms with Crippen molar-refractivity contribution in [1.29, 1.82) is 0 Å². The molecule has 0 aliphatic rings. The molecule has 0 bridgehead atoms. The molecule has 4 nitrogen and oxygen atoms in total. The summed E-state index contributed by atoms with van der Waals surface area (Å²) in [5.74, 6) is 1.64. The highest BCUT2D eigenvalue weighted by atomic mass is 15.1. The van der Waals surface area contributed by atoms with Gasteiger partial charge in [0.1, 0.15) is 12.1 Å². The summed E-state index contributed by atoms with van der Waals surface area (Å²) >= 11 is 0. The Balaban J connectivity index is 1.92. The van der Waals surface area contributed by atoms with E-state index in [1.54, 1.807) is 12.5 Å². The van der Waals surface area contributed by atoms with Crippen LogP contribution in [-0.2, 0) is 0 Å². The lowest BCUT2D eigenvalue weighted by molar-refractivity contribution is 0.527. The second kappa shape index (κ2) is 6.36. The Bertz CT molecular complexity index is 473. The minimum atomic E-state index is 0.475. The Labute approximate surface area is 114 Å². The van der Waals surface area contributed by atoms with E-state index in [9.17, 15) is 0 Å². The fourth-order valence-electron chi connectivity index (χ4n) is 1.96. The van der Waals surface area contributed by atoms with Crippen molar-refractivity contribution in [2.24, 2.45) is 5.92 Å². The van der Waals surface area contributed by atoms with Crippen molar-refractivity contribution in [1.82, 2.24) is 14.5 Å². The topological polar surface area (TPSA) is 42.7 Å². The van der Waals surface area contributed by atoms with Crippen LogP contribution in [0.2, 0.25) is 0 Å². The Morgan fingerprint density at radius 3 is 2.63 bits per heavy atom. The first-order valence-corrected chi connectivity index (χ1v) is 6.86. The highest BCUT2D eigenvalue weighted by Crippen LogP contribution is 2.14. The van der Waals surface area contributed by atoms with Crippen LogP contribution in [0.1, 0.15) is 33.6 Å². The molecule has 0 radical (unpaired) electrons. The van der Waals surface area contributed by atoms with Crippen LogP contribution >= 0.6 is 0 Å². The van der Waals surface area contributed by atoms with Crippen LogP contribution in [0.4, 0.5) is 5.69 Å². The Morgan fingerprint density at radius 1 is 1.21 bits per heavy atom. The van der Waals surface area contributed by atoms with E-state index in [4.69, 9.17) is 0 Å². The predicted molar refractivity (Wildman–Crippen MR) is 78.5 cm³/mol. The standard InChI is InChI=1S/C15H22N4/c1-12(2)4-5-13(3)18-14-6-7-15(17-10-14)19-9-8-16-11-19/h6-13,18H,4-5H2,1-3H3. The van der Waals surface area contributed by atoms with Crippen LogP contribution in [0.25, 0.3) is 5.82 Å². The number of pyridine rings is 1. The lowest BCUT2D eigenvalue weighted by Gasteiger charge is -2.16. The molecule has 19 heavy (non-hydrogen) atoms. The third kappa shape index (κ3) is 4.09. The molecule has 1 atom stereocenters. The monoisotopic (exact) mass is 258 g/mol. The molecule has 0 aliphatic carbocycles. The van der Waals surface area contributed by atoms with E-state index in [1.165, 1.54) is 12.8 Å². The molecule has 2 aromatic rings. The second-order valence-electron chi connectivity index (χ2n) is 5.39. The summed E-state index contributed by atoms with van der Waals surface area (Å²) < 4.78 is 1.89. The molecular formula is C15H22N4. The lowest BCUT2D eigenvalue weighted by atomic mass is 10.0. The maximum atomic E-state index is 4.43. The maximum absolute atomic E-state index is 4.43. The quantitative estimate of drug-likeness (QED) is 0.862. The van der Waals surface area contributed by atoms with E-state index in [1.807, 2.05) is 23.0 Å². The van der Waals surface area contributed by atoms with Gasteiger partial charge in [0, 0.05) is 18.4 Å². The van der Waals surface area contributed by atoms with E-state index < -0.39 is 0 Å². The van der Waals surface area contributed by atoms with Crippen LogP contribution in [0.3, 0.4) is 0 Å². The summed E-state index contributed by atoms with van der Waals surface area (Å²) in [5, 5.41) is 3.48. The minimum absolute atomic E-state index is 0.475. The van der Waals surface area contributed by atoms with Gasteiger partial charge in [-0.15, -0.1) is 0 Å². The fraction of sp³-hybridized carbons (Fsp3) is 0.467. The van der Waals surface area contributed by atoms with Crippen molar-refractivity contribution in [3.05, 3.63) is 37.1 Å². The van der Waals surface area contributed by atoms with Crippen molar-refractivity contribution in [3.8, 4) is 5.82 Å². The summed E-state index contributed by atoms with van der Waals surface area (Å²) in [4.78, 5) is 8.45. The van der Waals surface area contributed by atoms with E-state index in [0.717, 1.165) is 17.4 Å². The smallest absolute Gasteiger partial charge is 0.137 e. The number of hydrogen-bond acceptors (Lipinski definition) is 3. The van der Waals surface area contributed by atoms with E-state index in [2.05, 4.69) is 42.1 Å². The molecular weight excluding hydrogens is 236 g/mol. The highest BCUT2D eigenvalue weighted by molar-refractivity contribution is 5.44. The molecule has 102 valence electrons. The van der Waals surface area contributed by atoms with E-state index in [0.29, 0.717) is 6.04 Å². The first-order chi connectivity index (χ1) is 9.15. The van der Waals surface area contributed by atoms with E-state index >= 15 is 0 Å². The summed E-state index contributed by atoms with van der Waals surface area (Å²) in [5.41, 5.74) is 1.07. The van der Waals surface area contributed by atoms with Gasteiger partial charge in [-0.3, -0.25) is 4.57 Å². The van der Waals surface area contributed by atoms with Gasteiger partial charge in [0.2, 0.25) is 0 Å².